The van der Waals surface area contributed by atoms with Crippen molar-refractivity contribution < 1.29 is 24.5 Å². The molecule has 0 atom stereocenters. The Hall–Kier alpha value is -4.40. The third-order valence-corrected chi connectivity index (χ3v) is 6.41. The minimum absolute atomic E-state index is 0. The van der Waals surface area contributed by atoms with Crippen molar-refractivity contribution >= 4 is 22.7 Å². The van der Waals surface area contributed by atoms with Crippen molar-refractivity contribution in [2.24, 2.45) is 16.5 Å². The topological polar surface area (TPSA) is 117 Å². The standard InChI is InChI=1S/C29H32N4.C2HF3O2/c1-18-13-23-16-26(33-27(17-32-28(30)31)25(23)14-19(18)2)22-8-6-7-21(15-22)20-9-11-24(12-10-20)29(3,4)5;3-2(4,5)1(6)7/h6-16H,17H2,1-5H3,(H4,30,31,32);(H,6,7). The van der Waals surface area contributed by atoms with Crippen molar-refractivity contribution in [3.05, 3.63) is 89.1 Å². The molecule has 1 aromatic heterocycles. The number of aryl methyl sites for hydroxylation is 2. The van der Waals surface area contributed by atoms with Crippen molar-refractivity contribution in [1.29, 1.82) is 0 Å². The van der Waals surface area contributed by atoms with Gasteiger partial charge < -0.3 is 21.4 Å². The molecule has 4 N–H and O–H groups in total. The van der Waals surface area contributed by atoms with Crippen LogP contribution in [0.3, 0.4) is 0 Å². The van der Waals surface area contributed by atoms with Crippen LogP contribution in [0.4, 0.5) is 13.2 Å². The molecule has 4 rings (SSSR count). The number of aliphatic imine (C=N–C) groups is 1. The van der Waals surface area contributed by atoms with E-state index in [9.17, 15) is 13.2 Å². The lowest BCUT2D eigenvalue weighted by atomic mass is 9.86. The van der Waals surface area contributed by atoms with E-state index in [0.717, 1.165) is 27.7 Å². The maximum atomic E-state index is 10.5. The van der Waals surface area contributed by atoms with Crippen molar-refractivity contribution in [2.75, 3.05) is 0 Å². The van der Waals surface area contributed by atoms with E-state index in [1.165, 1.54) is 27.8 Å². The molecule has 0 aliphatic heterocycles. The molecule has 210 valence electrons. The summed E-state index contributed by atoms with van der Waals surface area (Å²) in [7, 11) is 0. The fourth-order valence-corrected chi connectivity index (χ4v) is 4.05. The molecule has 0 radical (unpaired) electrons. The quantitative estimate of drug-likeness (QED) is 0.251. The van der Waals surface area contributed by atoms with E-state index in [1.54, 1.807) is 0 Å². The normalized spacial score (nSPS) is 11.5. The lowest BCUT2D eigenvalue weighted by Crippen LogP contribution is -2.37. The summed E-state index contributed by atoms with van der Waals surface area (Å²) in [5.74, 6) is -2.94. The zero-order chi connectivity index (χ0) is 29.8. The Balaban J connectivity index is 0.000000655. The lowest BCUT2D eigenvalue weighted by Gasteiger charge is -2.19. The molecule has 0 amide bonds. The van der Waals surface area contributed by atoms with E-state index in [-0.39, 0.29) is 12.8 Å². The van der Waals surface area contributed by atoms with Gasteiger partial charge >= 0.3 is 7.60 Å². The number of carboxylic acid groups (broad SMARTS) is 1. The molecular formula is C31H33F3N4O2. The van der Waals surface area contributed by atoms with Gasteiger partial charge in [0.25, 0.3) is 0 Å². The summed E-state index contributed by atoms with van der Waals surface area (Å²) in [6.07, 6.45) is -5.19. The Morgan fingerprint density at radius 3 is 2.02 bits per heavy atom. The largest absolute Gasteiger partial charge is 1.00 e. The Morgan fingerprint density at radius 1 is 0.900 bits per heavy atom. The number of benzene rings is 3. The Kier molecular flexibility index (Phi) is 8.87. The SMILES string of the molecule is Cc1cc2cc(-c3cccc(-c4ccc(C(C)(C)C)cc4)c3)nc(CN=C(N)N)c2cc1C.O=C([O-])C(F)(F)F.[H+]. The second kappa shape index (κ2) is 11.8. The van der Waals surface area contributed by atoms with Gasteiger partial charge in [-0.05, 0) is 70.7 Å². The molecule has 1 heterocycles. The number of carbonyl (C=O) groups excluding carboxylic acids is 1. The Bertz CT molecular complexity index is 1560. The fourth-order valence-electron chi connectivity index (χ4n) is 4.05. The van der Waals surface area contributed by atoms with Gasteiger partial charge in [-0.25, -0.2) is 4.99 Å². The van der Waals surface area contributed by atoms with Crippen LogP contribution in [0.1, 0.15) is 44.6 Å². The minimum atomic E-state index is -5.19. The van der Waals surface area contributed by atoms with Crippen LogP contribution in [-0.2, 0) is 16.8 Å². The highest BCUT2D eigenvalue weighted by Gasteiger charge is 2.28. The van der Waals surface area contributed by atoms with Gasteiger partial charge in [-0.3, -0.25) is 4.98 Å². The molecule has 9 heteroatoms. The van der Waals surface area contributed by atoms with Gasteiger partial charge in [0.15, 0.2) is 5.96 Å². The fraction of sp³-hybridized carbons (Fsp3) is 0.258. The maximum Gasteiger partial charge on any atom is 1.00 e. The molecule has 0 fully saturated rings. The number of carbonyl (C=O) groups is 1. The highest BCUT2D eigenvalue weighted by Crippen LogP contribution is 2.31. The lowest BCUT2D eigenvalue weighted by molar-refractivity contribution is -0.344. The van der Waals surface area contributed by atoms with Crippen LogP contribution >= 0.6 is 0 Å². The van der Waals surface area contributed by atoms with E-state index < -0.39 is 12.1 Å². The third kappa shape index (κ3) is 7.59. The summed E-state index contributed by atoms with van der Waals surface area (Å²) in [5, 5.41) is 11.0. The van der Waals surface area contributed by atoms with Crippen molar-refractivity contribution in [2.45, 2.75) is 52.8 Å². The second-order valence-electron chi connectivity index (χ2n) is 10.5. The first-order chi connectivity index (χ1) is 18.6. The van der Waals surface area contributed by atoms with Gasteiger partial charge in [0.05, 0.1) is 17.9 Å². The first-order valence-corrected chi connectivity index (χ1v) is 12.5. The number of fused-ring (bicyclic) bond motifs is 1. The average molecular weight is 551 g/mol. The number of nitrogens with two attached hydrogens (primary N) is 2. The Morgan fingerprint density at radius 2 is 1.48 bits per heavy atom. The predicted molar refractivity (Wildman–Crippen MR) is 152 cm³/mol. The average Bonchev–Trinajstić information content (AvgIpc) is 2.87. The summed E-state index contributed by atoms with van der Waals surface area (Å²) >= 11 is 0. The van der Waals surface area contributed by atoms with Crippen LogP contribution in [0, 0.1) is 13.8 Å². The van der Waals surface area contributed by atoms with E-state index >= 15 is 0 Å². The maximum absolute atomic E-state index is 10.5. The molecule has 0 saturated heterocycles. The number of nitrogens with zero attached hydrogens (tertiary/aromatic N) is 2. The van der Waals surface area contributed by atoms with Crippen molar-refractivity contribution in [3.8, 4) is 22.4 Å². The minimum Gasteiger partial charge on any atom is -0.542 e. The molecule has 4 aromatic rings. The van der Waals surface area contributed by atoms with Gasteiger partial charge in [0.1, 0.15) is 5.97 Å². The van der Waals surface area contributed by atoms with Gasteiger partial charge in [-0.15, -0.1) is 0 Å². The first kappa shape index (κ1) is 30.1. The van der Waals surface area contributed by atoms with Gasteiger partial charge in [0.2, 0.25) is 0 Å². The smallest absolute Gasteiger partial charge is 0.542 e. The van der Waals surface area contributed by atoms with Crippen LogP contribution in [0.5, 0.6) is 0 Å². The number of hydrogen-bond acceptors (Lipinski definition) is 4. The number of aliphatic carboxylic acids is 1. The molecule has 40 heavy (non-hydrogen) atoms. The van der Waals surface area contributed by atoms with E-state index in [0.29, 0.717) is 6.54 Å². The number of guanidine groups is 1. The first-order valence-electron chi connectivity index (χ1n) is 12.5. The van der Waals surface area contributed by atoms with Crippen LogP contribution in [-0.4, -0.2) is 23.1 Å². The number of halogens is 3. The van der Waals surface area contributed by atoms with Crippen molar-refractivity contribution in [3.63, 3.8) is 0 Å². The van der Waals surface area contributed by atoms with Crippen LogP contribution < -0.4 is 16.6 Å². The van der Waals surface area contributed by atoms with Crippen LogP contribution in [0.15, 0.2) is 71.7 Å². The highest BCUT2D eigenvalue weighted by atomic mass is 19.4. The van der Waals surface area contributed by atoms with Gasteiger partial charge in [-0.1, -0.05) is 69.3 Å². The summed E-state index contributed by atoms with van der Waals surface area (Å²) in [4.78, 5) is 18.0. The predicted octanol–water partition coefficient (Wildman–Crippen LogP) is 5.67. The van der Waals surface area contributed by atoms with Crippen LogP contribution in [0.2, 0.25) is 0 Å². The third-order valence-electron chi connectivity index (χ3n) is 6.41. The molecule has 0 unspecified atom stereocenters. The molecule has 0 spiro atoms. The number of aromatic nitrogens is 1. The summed E-state index contributed by atoms with van der Waals surface area (Å²) < 4.78 is 31.5. The zero-order valence-corrected chi connectivity index (χ0v) is 23.1. The molecule has 6 nitrogen and oxygen atoms in total. The number of hydrogen-bond donors (Lipinski definition) is 2. The Labute approximate surface area is 233 Å². The molecule has 0 saturated carbocycles. The molecular weight excluding hydrogens is 517 g/mol. The van der Waals surface area contributed by atoms with Gasteiger partial charge in [0, 0.05) is 10.9 Å². The van der Waals surface area contributed by atoms with Crippen LogP contribution in [0.25, 0.3) is 33.2 Å². The van der Waals surface area contributed by atoms with E-state index in [2.05, 4.69) is 106 Å². The highest BCUT2D eigenvalue weighted by molar-refractivity contribution is 5.90. The summed E-state index contributed by atoms with van der Waals surface area (Å²) in [5.41, 5.74) is 20.4. The molecule has 3 aromatic carbocycles. The summed E-state index contributed by atoms with van der Waals surface area (Å²) in [6, 6.07) is 23.9. The second-order valence-corrected chi connectivity index (χ2v) is 10.5. The number of carboxylic acids is 1. The van der Waals surface area contributed by atoms with Crippen molar-refractivity contribution in [1.82, 2.24) is 4.98 Å². The van der Waals surface area contributed by atoms with E-state index in [4.69, 9.17) is 26.4 Å². The zero-order valence-electron chi connectivity index (χ0n) is 24.1. The molecule has 0 aliphatic carbocycles. The summed E-state index contributed by atoms with van der Waals surface area (Å²) in [6.45, 7) is 11.3. The number of pyridine rings is 1. The number of rotatable bonds is 4. The van der Waals surface area contributed by atoms with Gasteiger partial charge in [-0.2, -0.15) is 13.2 Å². The molecule has 0 aliphatic rings. The monoisotopic (exact) mass is 550 g/mol. The van der Waals surface area contributed by atoms with E-state index in [1.807, 2.05) is 0 Å². The molecule has 0 bridgehead atoms. The number of alkyl halides is 3.